The first kappa shape index (κ1) is 13.1. The van der Waals surface area contributed by atoms with Crippen LogP contribution < -0.4 is 0 Å². The predicted octanol–water partition coefficient (Wildman–Crippen LogP) is 2.23. The van der Waals surface area contributed by atoms with Gasteiger partial charge in [0.05, 0.1) is 5.69 Å². The van der Waals surface area contributed by atoms with Crippen LogP contribution in [0, 0.1) is 0 Å². The van der Waals surface area contributed by atoms with E-state index < -0.39 is 0 Å². The molecule has 6 heteroatoms. The highest BCUT2D eigenvalue weighted by molar-refractivity contribution is 5.67. The summed E-state index contributed by atoms with van der Waals surface area (Å²) >= 11 is 0. The van der Waals surface area contributed by atoms with Crippen LogP contribution in [0.25, 0.3) is 22.8 Å². The van der Waals surface area contributed by atoms with Crippen molar-refractivity contribution in [3.8, 4) is 22.8 Å². The topological polar surface area (TPSA) is 84.4 Å². The minimum Gasteiger partial charge on any atom is -0.303 e. The van der Waals surface area contributed by atoms with Gasteiger partial charge in [-0.1, -0.05) is 31.2 Å². The number of benzene rings is 1. The zero-order chi connectivity index (χ0) is 14.7. The first-order valence-corrected chi connectivity index (χ1v) is 6.54. The lowest BCUT2D eigenvalue weighted by Gasteiger charge is -2.07. The number of H-pyrrole nitrogens is 1. The fourth-order valence-electron chi connectivity index (χ4n) is 2.05. The zero-order valence-electron chi connectivity index (χ0n) is 11.4. The number of aldehydes is 1. The van der Waals surface area contributed by atoms with Crippen LogP contribution in [-0.2, 0) is 4.79 Å². The molecule has 0 bridgehead atoms. The Morgan fingerprint density at radius 1 is 1.14 bits per heavy atom. The van der Waals surface area contributed by atoms with Gasteiger partial charge in [0.25, 0.3) is 0 Å². The van der Waals surface area contributed by atoms with Crippen molar-refractivity contribution in [2.75, 3.05) is 0 Å². The Morgan fingerprint density at radius 3 is 2.71 bits per heavy atom. The second-order valence-corrected chi connectivity index (χ2v) is 4.69. The van der Waals surface area contributed by atoms with Crippen LogP contribution in [0.2, 0.25) is 0 Å². The van der Waals surface area contributed by atoms with E-state index in [2.05, 4.69) is 25.6 Å². The lowest BCUT2D eigenvalue weighted by atomic mass is 9.99. The van der Waals surface area contributed by atoms with E-state index in [1.54, 1.807) is 0 Å². The molecule has 1 aromatic carbocycles. The second kappa shape index (κ2) is 5.62. The van der Waals surface area contributed by atoms with Gasteiger partial charge in [-0.05, 0) is 29.0 Å². The molecule has 1 unspecified atom stereocenters. The summed E-state index contributed by atoms with van der Waals surface area (Å²) < 4.78 is 0. The van der Waals surface area contributed by atoms with Crippen molar-refractivity contribution in [1.29, 1.82) is 0 Å². The Kier molecular flexibility index (Phi) is 3.51. The van der Waals surface area contributed by atoms with Crippen molar-refractivity contribution >= 4 is 6.29 Å². The van der Waals surface area contributed by atoms with Gasteiger partial charge in [0.15, 0.2) is 0 Å². The summed E-state index contributed by atoms with van der Waals surface area (Å²) in [7, 11) is 0. The number of aromatic nitrogens is 5. The Bertz CT molecular complexity index is 754. The smallest absolute Gasteiger partial charge is 0.222 e. The number of rotatable bonds is 4. The Hall–Kier alpha value is -2.89. The maximum Gasteiger partial charge on any atom is 0.222 e. The molecule has 104 valence electrons. The minimum absolute atomic E-state index is 0.134. The minimum atomic E-state index is -0.134. The summed E-state index contributed by atoms with van der Waals surface area (Å²) in [5, 5.41) is 13.8. The zero-order valence-corrected chi connectivity index (χ0v) is 11.4. The quantitative estimate of drug-likeness (QED) is 0.740. The van der Waals surface area contributed by atoms with Gasteiger partial charge in [0.1, 0.15) is 12.0 Å². The number of carbonyl (C=O) groups excluding carboxylic acids is 1. The SMILES string of the molecule is CC(C=O)c1cccc(-c2cccc(-c3nn[nH]n3)n2)c1. The Morgan fingerprint density at radius 2 is 1.95 bits per heavy atom. The van der Waals surface area contributed by atoms with Gasteiger partial charge in [0.2, 0.25) is 5.82 Å². The van der Waals surface area contributed by atoms with Gasteiger partial charge >= 0.3 is 0 Å². The van der Waals surface area contributed by atoms with E-state index >= 15 is 0 Å². The first-order chi connectivity index (χ1) is 10.3. The monoisotopic (exact) mass is 279 g/mol. The lowest BCUT2D eigenvalue weighted by molar-refractivity contribution is -0.108. The third-order valence-electron chi connectivity index (χ3n) is 3.24. The van der Waals surface area contributed by atoms with Gasteiger partial charge in [-0.2, -0.15) is 5.21 Å². The molecule has 0 saturated heterocycles. The highest BCUT2D eigenvalue weighted by Gasteiger charge is 2.09. The van der Waals surface area contributed by atoms with Crippen LogP contribution in [-0.4, -0.2) is 31.9 Å². The molecule has 0 saturated carbocycles. The van der Waals surface area contributed by atoms with Crippen LogP contribution in [0.3, 0.4) is 0 Å². The average molecular weight is 279 g/mol. The number of hydrogen-bond donors (Lipinski definition) is 1. The van der Waals surface area contributed by atoms with E-state index in [4.69, 9.17) is 0 Å². The fourth-order valence-corrected chi connectivity index (χ4v) is 2.05. The average Bonchev–Trinajstić information content (AvgIpc) is 3.09. The number of nitrogens with zero attached hydrogens (tertiary/aromatic N) is 4. The van der Waals surface area contributed by atoms with E-state index in [-0.39, 0.29) is 5.92 Å². The molecule has 2 aromatic heterocycles. The summed E-state index contributed by atoms with van der Waals surface area (Å²) in [4.78, 5) is 15.5. The maximum atomic E-state index is 10.9. The van der Waals surface area contributed by atoms with E-state index in [1.807, 2.05) is 49.4 Å². The molecule has 0 aliphatic rings. The third kappa shape index (κ3) is 2.69. The molecule has 0 spiro atoms. The lowest BCUT2D eigenvalue weighted by Crippen LogP contribution is -1.95. The van der Waals surface area contributed by atoms with Gasteiger partial charge in [-0.15, -0.1) is 10.2 Å². The van der Waals surface area contributed by atoms with Crippen LogP contribution >= 0.6 is 0 Å². The van der Waals surface area contributed by atoms with Crippen LogP contribution in [0.15, 0.2) is 42.5 Å². The van der Waals surface area contributed by atoms with E-state index in [0.717, 1.165) is 23.1 Å². The molecule has 0 fully saturated rings. The molecule has 0 radical (unpaired) electrons. The fraction of sp³-hybridized carbons (Fsp3) is 0.133. The van der Waals surface area contributed by atoms with Gasteiger partial charge < -0.3 is 4.79 Å². The standard InChI is InChI=1S/C15H13N5O/c1-10(9-21)11-4-2-5-12(8-11)13-6-3-7-14(16-13)15-17-19-20-18-15/h2-10H,1H3,(H,17,18,19,20). The van der Waals surface area contributed by atoms with E-state index in [1.165, 1.54) is 0 Å². The molecule has 0 amide bonds. The number of aromatic amines is 1. The largest absolute Gasteiger partial charge is 0.303 e. The third-order valence-corrected chi connectivity index (χ3v) is 3.24. The highest BCUT2D eigenvalue weighted by atomic mass is 16.1. The molecule has 1 N–H and O–H groups in total. The maximum absolute atomic E-state index is 10.9. The molecule has 0 aliphatic heterocycles. The van der Waals surface area contributed by atoms with E-state index in [0.29, 0.717) is 11.5 Å². The molecule has 1 atom stereocenters. The van der Waals surface area contributed by atoms with Crippen molar-refractivity contribution < 1.29 is 4.79 Å². The van der Waals surface area contributed by atoms with Crippen LogP contribution in [0.1, 0.15) is 18.4 Å². The van der Waals surface area contributed by atoms with E-state index in [9.17, 15) is 4.79 Å². The van der Waals surface area contributed by atoms with Crippen molar-refractivity contribution in [3.63, 3.8) is 0 Å². The molecule has 2 heterocycles. The summed E-state index contributed by atoms with van der Waals surface area (Å²) in [5.41, 5.74) is 3.37. The molecule has 0 aliphatic carbocycles. The van der Waals surface area contributed by atoms with Crippen molar-refractivity contribution in [3.05, 3.63) is 48.0 Å². The molecule has 21 heavy (non-hydrogen) atoms. The van der Waals surface area contributed by atoms with Crippen molar-refractivity contribution in [2.45, 2.75) is 12.8 Å². The molecule has 3 aromatic rings. The summed E-state index contributed by atoms with van der Waals surface area (Å²) in [6.07, 6.45) is 0.933. The number of pyridine rings is 1. The molecular weight excluding hydrogens is 266 g/mol. The van der Waals surface area contributed by atoms with Crippen LogP contribution in [0.4, 0.5) is 0 Å². The number of carbonyl (C=O) groups is 1. The second-order valence-electron chi connectivity index (χ2n) is 4.69. The molecular formula is C15H13N5O. The highest BCUT2D eigenvalue weighted by Crippen LogP contribution is 2.23. The first-order valence-electron chi connectivity index (χ1n) is 6.54. The van der Waals surface area contributed by atoms with Crippen molar-refractivity contribution in [2.24, 2.45) is 0 Å². The Labute approximate surface area is 121 Å². The summed E-state index contributed by atoms with van der Waals surface area (Å²) in [6, 6.07) is 13.4. The summed E-state index contributed by atoms with van der Waals surface area (Å²) in [5.74, 6) is 0.319. The number of hydrogen-bond acceptors (Lipinski definition) is 5. The van der Waals surface area contributed by atoms with Gasteiger partial charge in [-0.3, -0.25) is 0 Å². The number of nitrogens with one attached hydrogen (secondary N) is 1. The molecule has 6 nitrogen and oxygen atoms in total. The molecule has 3 rings (SSSR count). The van der Waals surface area contributed by atoms with Crippen molar-refractivity contribution in [1.82, 2.24) is 25.6 Å². The van der Waals surface area contributed by atoms with Crippen LogP contribution in [0.5, 0.6) is 0 Å². The normalized spacial score (nSPS) is 12.0. The summed E-state index contributed by atoms with van der Waals surface area (Å²) in [6.45, 7) is 1.87. The Balaban J connectivity index is 2.01. The number of tetrazole rings is 1. The van der Waals surface area contributed by atoms with Gasteiger partial charge in [-0.25, -0.2) is 4.98 Å². The predicted molar refractivity (Wildman–Crippen MR) is 77.3 cm³/mol. The van der Waals surface area contributed by atoms with Gasteiger partial charge in [0, 0.05) is 11.5 Å².